The zero-order chi connectivity index (χ0) is 30.4. The minimum Gasteiger partial charge on any atom is -0.497 e. The van der Waals surface area contributed by atoms with Crippen molar-refractivity contribution < 1.29 is 43.1 Å². The predicted octanol–water partition coefficient (Wildman–Crippen LogP) is 4.08. The van der Waals surface area contributed by atoms with Gasteiger partial charge in [0, 0.05) is 42.9 Å². The lowest BCUT2D eigenvalue weighted by atomic mass is 9.64. The Morgan fingerprint density at radius 2 is 1.70 bits per heavy atom. The summed E-state index contributed by atoms with van der Waals surface area (Å²) >= 11 is 0. The molecule has 230 valence electrons. The minimum absolute atomic E-state index is 0.0208. The molecular weight excluding hydrogens is 556 g/mol. The lowest BCUT2D eigenvalue weighted by Crippen LogP contribution is -2.58. The van der Waals surface area contributed by atoms with Crippen LogP contribution in [0.4, 0.5) is 0 Å². The van der Waals surface area contributed by atoms with E-state index in [0.29, 0.717) is 36.6 Å². The number of ether oxygens (including phenoxy) is 6. The molecule has 2 aromatic carbocycles. The van der Waals surface area contributed by atoms with Gasteiger partial charge in [-0.25, -0.2) is 4.79 Å². The molecule has 3 aliphatic rings. The molecule has 0 spiro atoms. The molecule has 1 aliphatic carbocycles. The van der Waals surface area contributed by atoms with E-state index in [9.17, 15) is 14.7 Å². The monoisotopic (exact) mass is 594 g/mol. The quantitative estimate of drug-likeness (QED) is 0.368. The van der Waals surface area contributed by atoms with Crippen molar-refractivity contribution in [1.82, 2.24) is 9.88 Å². The van der Waals surface area contributed by atoms with E-state index in [4.69, 9.17) is 28.4 Å². The third kappa shape index (κ3) is 4.94. The Hall–Kier alpha value is -3.96. The van der Waals surface area contributed by atoms with Gasteiger partial charge in [-0.15, -0.1) is 0 Å². The number of esters is 1. The predicted molar refractivity (Wildman–Crippen MR) is 156 cm³/mol. The highest BCUT2D eigenvalue weighted by molar-refractivity contribution is 5.91. The Morgan fingerprint density at radius 3 is 2.33 bits per heavy atom. The van der Waals surface area contributed by atoms with Gasteiger partial charge in [0.25, 0.3) is 0 Å². The topological polar surface area (TPSA) is 129 Å². The number of H-pyrrole nitrogens is 1. The molecule has 3 heterocycles. The number of rotatable bonds is 8. The van der Waals surface area contributed by atoms with Crippen LogP contribution in [0.15, 0.2) is 30.3 Å². The minimum atomic E-state index is -0.943. The molecule has 2 fully saturated rings. The molecule has 0 bridgehead atoms. The first-order valence-corrected chi connectivity index (χ1v) is 14.5. The molecule has 2 aliphatic heterocycles. The highest BCUT2D eigenvalue weighted by atomic mass is 16.6. The van der Waals surface area contributed by atoms with Crippen LogP contribution >= 0.6 is 0 Å². The van der Waals surface area contributed by atoms with Gasteiger partial charge < -0.3 is 38.5 Å². The number of hydrogen-bond acceptors (Lipinski definition) is 9. The number of nitrogens with zero attached hydrogens (tertiary/aromatic N) is 1. The summed E-state index contributed by atoms with van der Waals surface area (Å²) in [4.78, 5) is 32.4. The van der Waals surface area contributed by atoms with Crippen LogP contribution in [-0.2, 0) is 20.7 Å². The zero-order valence-electron chi connectivity index (χ0n) is 25.0. The van der Waals surface area contributed by atoms with Gasteiger partial charge in [0.1, 0.15) is 18.0 Å². The Kier molecular flexibility index (Phi) is 7.87. The molecule has 0 radical (unpaired) electrons. The zero-order valence-corrected chi connectivity index (χ0v) is 25.0. The highest BCUT2D eigenvalue weighted by Crippen LogP contribution is 2.50. The molecule has 11 heteroatoms. The number of aromatic nitrogens is 1. The van der Waals surface area contributed by atoms with Crippen molar-refractivity contribution in [2.24, 2.45) is 17.8 Å². The summed E-state index contributed by atoms with van der Waals surface area (Å²) in [6.07, 6.45) is 0.537. The van der Waals surface area contributed by atoms with E-state index >= 15 is 0 Å². The number of carbonyl (C=O) groups is 2. The van der Waals surface area contributed by atoms with E-state index in [1.807, 2.05) is 12.1 Å². The van der Waals surface area contributed by atoms with Crippen molar-refractivity contribution in [3.8, 4) is 23.0 Å². The summed E-state index contributed by atoms with van der Waals surface area (Å²) in [5, 5.41) is 11.7. The van der Waals surface area contributed by atoms with Gasteiger partial charge in [0.05, 0.1) is 46.0 Å². The molecule has 6 rings (SSSR count). The number of nitrogens with one attached hydrogen (secondary N) is 1. The van der Waals surface area contributed by atoms with E-state index < -0.39 is 30.1 Å². The van der Waals surface area contributed by atoms with Crippen molar-refractivity contribution in [2.45, 2.75) is 37.5 Å². The third-order valence-electron chi connectivity index (χ3n) is 9.57. The average Bonchev–Trinajstić information content (AvgIpc) is 3.40. The fourth-order valence-corrected chi connectivity index (χ4v) is 7.64. The number of piperidine rings is 1. The summed E-state index contributed by atoms with van der Waals surface area (Å²) in [5.41, 5.74) is 3.68. The van der Waals surface area contributed by atoms with Crippen LogP contribution < -0.4 is 18.9 Å². The molecule has 6 atom stereocenters. The van der Waals surface area contributed by atoms with Gasteiger partial charge in [-0.2, -0.15) is 0 Å². The molecular formula is C32H38N2O9. The van der Waals surface area contributed by atoms with Crippen molar-refractivity contribution in [2.75, 3.05) is 48.6 Å². The number of benzene rings is 2. The van der Waals surface area contributed by atoms with Crippen LogP contribution in [0.1, 0.15) is 40.5 Å². The molecule has 2 N–H and O–H groups in total. The molecule has 43 heavy (non-hydrogen) atoms. The lowest BCUT2D eigenvalue weighted by molar-refractivity contribution is -0.173. The van der Waals surface area contributed by atoms with Gasteiger partial charge in [0.15, 0.2) is 11.5 Å². The van der Waals surface area contributed by atoms with Gasteiger partial charge in [0.2, 0.25) is 5.75 Å². The highest BCUT2D eigenvalue weighted by Gasteiger charge is 2.54. The number of hydrogen-bond donors (Lipinski definition) is 2. The summed E-state index contributed by atoms with van der Waals surface area (Å²) in [7, 11) is 7.57. The van der Waals surface area contributed by atoms with E-state index in [0.717, 1.165) is 29.9 Å². The standard InChI is InChI=1S/C32H38N2O9/c1-38-18-6-7-19-20-8-9-34-15-17-12-26(43-32(37)16-10-24(39-2)29(41-4)25(11-16)40-3)30(42-5)27(31(35)36)21(17)14-23(34)28(20)33-22(19)13-18/h6-7,10-11,13,17,21,23,26-27,30,33H,8-9,12,14-15H2,1-5H3,(H,35,36)/t17-,21+,23-,26-,27+,30+/m1/s1. The Bertz CT molecular complexity index is 1510. The van der Waals surface area contributed by atoms with Crippen molar-refractivity contribution in [3.63, 3.8) is 0 Å². The number of carboxylic acid groups (broad SMARTS) is 1. The number of fused-ring (bicyclic) bond motifs is 6. The molecule has 1 saturated carbocycles. The van der Waals surface area contributed by atoms with Crippen molar-refractivity contribution in [1.29, 1.82) is 0 Å². The Balaban J connectivity index is 1.28. The molecule has 0 amide bonds. The molecule has 3 aromatic rings. The van der Waals surface area contributed by atoms with Gasteiger partial charge in [-0.3, -0.25) is 9.69 Å². The van der Waals surface area contributed by atoms with Gasteiger partial charge >= 0.3 is 11.9 Å². The van der Waals surface area contributed by atoms with Crippen LogP contribution in [0.5, 0.6) is 23.0 Å². The summed E-state index contributed by atoms with van der Waals surface area (Å²) in [6, 6.07) is 9.21. The molecule has 1 aromatic heterocycles. The number of aromatic amines is 1. The normalized spacial score (nSPS) is 26.5. The van der Waals surface area contributed by atoms with E-state index in [1.54, 1.807) is 7.11 Å². The summed E-state index contributed by atoms with van der Waals surface area (Å²) in [6.45, 7) is 1.59. The largest absolute Gasteiger partial charge is 0.497 e. The Morgan fingerprint density at radius 1 is 0.953 bits per heavy atom. The van der Waals surface area contributed by atoms with Crippen molar-refractivity contribution >= 4 is 22.8 Å². The van der Waals surface area contributed by atoms with Crippen LogP contribution in [-0.4, -0.2) is 87.8 Å². The molecule has 11 nitrogen and oxygen atoms in total. The number of methoxy groups -OCH3 is 5. The van der Waals surface area contributed by atoms with E-state index in [-0.39, 0.29) is 23.4 Å². The van der Waals surface area contributed by atoms with E-state index in [1.165, 1.54) is 51.5 Å². The van der Waals surface area contributed by atoms with E-state index in [2.05, 4.69) is 16.0 Å². The van der Waals surface area contributed by atoms with Crippen LogP contribution in [0.25, 0.3) is 10.9 Å². The third-order valence-corrected chi connectivity index (χ3v) is 9.57. The summed E-state index contributed by atoms with van der Waals surface area (Å²) in [5.74, 6) is -0.722. The van der Waals surface area contributed by atoms with Crippen LogP contribution in [0.2, 0.25) is 0 Å². The SMILES string of the molecule is COc1ccc2c3c([nH]c2c1)[C@H]1C[C@H]2[C@H](C[C@@H](OC(=O)c4cc(OC)c(OC)c(OC)c4)[C@H](OC)[C@H]2C(=O)O)CN1CC3. The maximum atomic E-state index is 13.4. The maximum absolute atomic E-state index is 13.4. The Labute approximate surface area is 249 Å². The maximum Gasteiger partial charge on any atom is 0.338 e. The summed E-state index contributed by atoms with van der Waals surface area (Å²) < 4.78 is 33.4. The first-order valence-electron chi connectivity index (χ1n) is 14.5. The second-order valence-corrected chi connectivity index (χ2v) is 11.5. The first kappa shape index (κ1) is 29.1. The fraction of sp³-hybridized carbons (Fsp3) is 0.500. The lowest BCUT2D eigenvalue weighted by Gasteiger charge is -2.52. The van der Waals surface area contributed by atoms with Gasteiger partial charge in [-0.1, -0.05) is 0 Å². The van der Waals surface area contributed by atoms with Gasteiger partial charge in [-0.05, 0) is 60.9 Å². The van der Waals surface area contributed by atoms with Crippen LogP contribution in [0.3, 0.4) is 0 Å². The average molecular weight is 595 g/mol. The number of carbonyl (C=O) groups excluding carboxylic acids is 1. The van der Waals surface area contributed by atoms with Crippen LogP contribution in [0, 0.1) is 17.8 Å². The second kappa shape index (κ2) is 11.6. The van der Waals surface area contributed by atoms with Crippen molar-refractivity contribution in [3.05, 3.63) is 47.2 Å². The number of aliphatic carboxylic acids is 1. The smallest absolute Gasteiger partial charge is 0.338 e. The first-order chi connectivity index (χ1) is 20.8. The number of carboxylic acids is 1. The fourth-order valence-electron chi connectivity index (χ4n) is 7.64. The second-order valence-electron chi connectivity index (χ2n) is 11.5. The molecule has 0 unspecified atom stereocenters. The molecule has 1 saturated heterocycles.